The van der Waals surface area contributed by atoms with Gasteiger partial charge in [-0.2, -0.15) is 0 Å². The molecule has 2 unspecified atom stereocenters. The van der Waals surface area contributed by atoms with Crippen molar-refractivity contribution >= 4 is 0 Å². The predicted molar refractivity (Wildman–Crippen MR) is 52.6 cm³/mol. The third-order valence-corrected chi connectivity index (χ3v) is 2.72. The summed E-state index contributed by atoms with van der Waals surface area (Å²) < 4.78 is 0. The van der Waals surface area contributed by atoms with E-state index >= 15 is 0 Å². The highest BCUT2D eigenvalue weighted by molar-refractivity contribution is 5.33. The van der Waals surface area contributed by atoms with E-state index in [4.69, 9.17) is 0 Å². The zero-order valence-corrected chi connectivity index (χ0v) is 7.83. The fourth-order valence-electron chi connectivity index (χ4n) is 1.96. The lowest BCUT2D eigenvalue weighted by Crippen LogP contribution is -2.33. The number of benzene rings is 1. The van der Waals surface area contributed by atoms with Crippen LogP contribution in [0.1, 0.15) is 24.0 Å². The second-order valence-electron chi connectivity index (χ2n) is 3.68. The monoisotopic (exact) mass is 177 g/mol. The average Bonchev–Trinajstić information content (AvgIpc) is 2.17. The molecule has 2 nitrogen and oxygen atoms in total. The van der Waals surface area contributed by atoms with Crippen LogP contribution in [0.15, 0.2) is 24.3 Å². The molecule has 70 valence electrons. The molecule has 0 aromatic heterocycles. The molecule has 2 N–H and O–H groups in total. The van der Waals surface area contributed by atoms with Crippen LogP contribution < -0.4 is 5.32 Å². The fraction of sp³-hybridized carbons (Fsp3) is 0.455. The van der Waals surface area contributed by atoms with Gasteiger partial charge >= 0.3 is 0 Å². The number of aliphatic hydroxyl groups excluding tert-OH is 1. The first-order chi connectivity index (χ1) is 6.29. The Balaban J connectivity index is 2.37. The van der Waals surface area contributed by atoms with Crippen LogP contribution in [0.2, 0.25) is 0 Å². The van der Waals surface area contributed by atoms with Gasteiger partial charge in [-0.1, -0.05) is 24.3 Å². The summed E-state index contributed by atoms with van der Waals surface area (Å²) >= 11 is 0. The summed E-state index contributed by atoms with van der Waals surface area (Å²) in [5.74, 6) is 0.255. The Kier molecular flexibility index (Phi) is 2.34. The van der Waals surface area contributed by atoms with E-state index < -0.39 is 0 Å². The third kappa shape index (κ3) is 1.60. The summed E-state index contributed by atoms with van der Waals surface area (Å²) in [6.07, 6.45) is -0.269. The first kappa shape index (κ1) is 8.73. The van der Waals surface area contributed by atoms with Gasteiger partial charge in [-0.05, 0) is 18.1 Å². The van der Waals surface area contributed by atoms with Gasteiger partial charge in [0.05, 0.1) is 6.10 Å². The lowest BCUT2D eigenvalue weighted by Gasteiger charge is -2.28. The summed E-state index contributed by atoms with van der Waals surface area (Å²) in [5, 5.41) is 12.9. The number of hydrogen-bond donors (Lipinski definition) is 2. The summed E-state index contributed by atoms with van der Waals surface area (Å²) in [4.78, 5) is 0. The van der Waals surface area contributed by atoms with Crippen molar-refractivity contribution in [3.63, 3.8) is 0 Å². The Hall–Kier alpha value is -0.860. The average molecular weight is 177 g/mol. The molecule has 0 saturated carbocycles. The largest absolute Gasteiger partial charge is 0.393 e. The highest BCUT2D eigenvalue weighted by atomic mass is 16.3. The van der Waals surface area contributed by atoms with Gasteiger partial charge in [0.1, 0.15) is 0 Å². The van der Waals surface area contributed by atoms with Crippen LogP contribution in [0.4, 0.5) is 0 Å². The molecule has 2 atom stereocenters. The first-order valence-corrected chi connectivity index (χ1v) is 4.75. The molecule has 1 aromatic carbocycles. The second-order valence-corrected chi connectivity index (χ2v) is 3.68. The van der Waals surface area contributed by atoms with E-state index in [-0.39, 0.29) is 12.0 Å². The molecular formula is C11H15NO. The van der Waals surface area contributed by atoms with E-state index in [0.717, 1.165) is 13.1 Å². The fourth-order valence-corrected chi connectivity index (χ4v) is 1.96. The van der Waals surface area contributed by atoms with Crippen molar-refractivity contribution < 1.29 is 5.11 Å². The molecule has 1 aromatic rings. The maximum absolute atomic E-state index is 9.58. The molecule has 0 amide bonds. The predicted octanol–water partition coefficient (Wildman–Crippen LogP) is 1.25. The van der Waals surface area contributed by atoms with Crippen molar-refractivity contribution in [3.8, 4) is 0 Å². The lowest BCUT2D eigenvalue weighted by molar-refractivity contribution is 0.156. The SMILES string of the molecule is CC(O)C1CNCc2ccccc21. The van der Waals surface area contributed by atoms with Crippen molar-refractivity contribution in [3.05, 3.63) is 35.4 Å². The molecule has 2 rings (SSSR count). The van der Waals surface area contributed by atoms with Crippen LogP contribution in [0, 0.1) is 0 Å². The molecular weight excluding hydrogens is 162 g/mol. The molecule has 1 aliphatic rings. The van der Waals surface area contributed by atoms with Crippen LogP contribution in [0.3, 0.4) is 0 Å². The first-order valence-electron chi connectivity index (χ1n) is 4.75. The topological polar surface area (TPSA) is 32.3 Å². The van der Waals surface area contributed by atoms with Crippen molar-refractivity contribution in [2.45, 2.75) is 25.5 Å². The highest BCUT2D eigenvalue weighted by Gasteiger charge is 2.22. The van der Waals surface area contributed by atoms with E-state index in [1.165, 1.54) is 11.1 Å². The van der Waals surface area contributed by atoms with Crippen LogP contribution in [-0.2, 0) is 6.54 Å². The minimum absolute atomic E-state index is 0.255. The molecule has 0 aliphatic carbocycles. The number of rotatable bonds is 1. The van der Waals surface area contributed by atoms with E-state index in [0.29, 0.717) is 0 Å². The number of nitrogens with one attached hydrogen (secondary N) is 1. The zero-order chi connectivity index (χ0) is 9.26. The van der Waals surface area contributed by atoms with E-state index in [2.05, 4.69) is 17.4 Å². The van der Waals surface area contributed by atoms with Gasteiger partial charge in [0.25, 0.3) is 0 Å². The van der Waals surface area contributed by atoms with Gasteiger partial charge in [-0.25, -0.2) is 0 Å². The van der Waals surface area contributed by atoms with E-state index in [1.807, 2.05) is 19.1 Å². The lowest BCUT2D eigenvalue weighted by atomic mass is 9.87. The standard InChI is InChI=1S/C11H15NO/c1-8(13)11-7-12-6-9-4-2-3-5-10(9)11/h2-5,8,11-13H,6-7H2,1H3. The Morgan fingerprint density at radius 2 is 2.23 bits per heavy atom. The summed E-state index contributed by atoms with van der Waals surface area (Å²) in [6, 6.07) is 8.33. The van der Waals surface area contributed by atoms with Crippen LogP contribution >= 0.6 is 0 Å². The Bertz CT molecular complexity index is 296. The maximum atomic E-state index is 9.58. The smallest absolute Gasteiger partial charge is 0.0592 e. The van der Waals surface area contributed by atoms with Crippen LogP contribution in [0.5, 0.6) is 0 Å². The number of fused-ring (bicyclic) bond motifs is 1. The Morgan fingerprint density at radius 1 is 1.46 bits per heavy atom. The van der Waals surface area contributed by atoms with Gasteiger partial charge in [-0.15, -0.1) is 0 Å². The molecule has 1 heterocycles. The quantitative estimate of drug-likeness (QED) is 0.676. The Labute approximate surface area is 78.6 Å². The molecule has 1 aliphatic heterocycles. The number of hydrogen-bond acceptors (Lipinski definition) is 2. The number of aliphatic hydroxyl groups is 1. The molecule has 0 saturated heterocycles. The summed E-state index contributed by atoms with van der Waals surface area (Å²) in [6.45, 7) is 3.67. The molecule has 0 radical (unpaired) electrons. The molecule has 13 heavy (non-hydrogen) atoms. The maximum Gasteiger partial charge on any atom is 0.0592 e. The minimum Gasteiger partial charge on any atom is -0.393 e. The minimum atomic E-state index is -0.269. The van der Waals surface area contributed by atoms with Crippen molar-refractivity contribution in [1.29, 1.82) is 0 Å². The van der Waals surface area contributed by atoms with Gasteiger partial charge < -0.3 is 10.4 Å². The van der Waals surface area contributed by atoms with Gasteiger partial charge in [0, 0.05) is 19.0 Å². The second kappa shape index (κ2) is 3.48. The van der Waals surface area contributed by atoms with Crippen molar-refractivity contribution in [1.82, 2.24) is 5.32 Å². The molecule has 2 heteroatoms. The summed E-state index contributed by atoms with van der Waals surface area (Å²) in [5.41, 5.74) is 2.62. The zero-order valence-electron chi connectivity index (χ0n) is 7.83. The third-order valence-electron chi connectivity index (χ3n) is 2.72. The Morgan fingerprint density at radius 3 is 3.00 bits per heavy atom. The molecule has 0 spiro atoms. The van der Waals surface area contributed by atoms with Crippen LogP contribution in [0.25, 0.3) is 0 Å². The van der Waals surface area contributed by atoms with Gasteiger partial charge in [0.2, 0.25) is 0 Å². The van der Waals surface area contributed by atoms with E-state index in [9.17, 15) is 5.11 Å². The normalized spacial score (nSPS) is 23.7. The van der Waals surface area contributed by atoms with Crippen LogP contribution in [-0.4, -0.2) is 17.8 Å². The highest BCUT2D eigenvalue weighted by Crippen LogP contribution is 2.26. The molecule has 0 bridgehead atoms. The van der Waals surface area contributed by atoms with E-state index in [1.54, 1.807) is 0 Å². The van der Waals surface area contributed by atoms with Crippen molar-refractivity contribution in [2.24, 2.45) is 0 Å². The molecule has 0 fully saturated rings. The van der Waals surface area contributed by atoms with Crippen molar-refractivity contribution in [2.75, 3.05) is 6.54 Å². The summed E-state index contributed by atoms with van der Waals surface area (Å²) in [7, 11) is 0. The van der Waals surface area contributed by atoms with Gasteiger partial charge in [0.15, 0.2) is 0 Å². The van der Waals surface area contributed by atoms with Gasteiger partial charge in [-0.3, -0.25) is 0 Å².